The third-order valence-corrected chi connectivity index (χ3v) is 3.40. The van der Waals surface area contributed by atoms with E-state index in [9.17, 15) is 0 Å². The van der Waals surface area contributed by atoms with E-state index < -0.39 is 0 Å². The average Bonchev–Trinajstić information content (AvgIpc) is 2.85. The first-order valence-corrected chi connectivity index (χ1v) is 7.69. The first-order valence-electron chi connectivity index (χ1n) is 7.69. The molecule has 0 saturated carbocycles. The lowest BCUT2D eigenvalue weighted by molar-refractivity contribution is 1.50. The SMILES string of the molecule is C/C=c1/cccc2c1=C(C)c1ccccc1-2.CC.CC. The van der Waals surface area contributed by atoms with E-state index in [1.54, 1.807) is 0 Å². The van der Waals surface area contributed by atoms with Crippen LogP contribution in [0.5, 0.6) is 0 Å². The average molecular weight is 266 g/mol. The fourth-order valence-electron chi connectivity index (χ4n) is 2.63. The molecule has 0 spiro atoms. The number of benzene rings is 2. The third kappa shape index (κ3) is 2.70. The normalized spacial score (nSPS) is 11.7. The van der Waals surface area contributed by atoms with Crippen LogP contribution in [0.25, 0.3) is 22.8 Å². The first-order chi connectivity index (χ1) is 9.83. The Labute approximate surface area is 123 Å². The van der Waals surface area contributed by atoms with Crippen LogP contribution in [-0.4, -0.2) is 0 Å². The molecule has 0 heterocycles. The van der Waals surface area contributed by atoms with E-state index >= 15 is 0 Å². The molecule has 0 N–H and O–H groups in total. The van der Waals surface area contributed by atoms with Crippen molar-refractivity contribution < 1.29 is 0 Å². The van der Waals surface area contributed by atoms with Gasteiger partial charge in [0.2, 0.25) is 0 Å². The molecule has 0 bridgehead atoms. The van der Waals surface area contributed by atoms with Crippen LogP contribution in [0.3, 0.4) is 0 Å². The monoisotopic (exact) mass is 266 g/mol. The maximum atomic E-state index is 2.22. The Morgan fingerprint density at radius 2 is 1.25 bits per heavy atom. The maximum absolute atomic E-state index is 2.22. The molecule has 0 aliphatic heterocycles. The van der Waals surface area contributed by atoms with E-state index in [1.807, 2.05) is 27.7 Å². The number of rotatable bonds is 0. The lowest BCUT2D eigenvalue weighted by atomic mass is 10.0. The highest BCUT2D eigenvalue weighted by Gasteiger charge is 2.15. The minimum atomic E-state index is 1.34. The molecule has 0 atom stereocenters. The van der Waals surface area contributed by atoms with Crippen molar-refractivity contribution in [2.45, 2.75) is 41.5 Å². The number of hydrogen-bond acceptors (Lipinski definition) is 0. The summed E-state index contributed by atoms with van der Waals surface area (Å²) in [6.45, 7) is 12.3. The van der Waals surface area contributed by atoms with Crippen molar-refractivity contribution in [2.24, 2.45) is 0 Å². The number of fused-ring (bicyclic) bond motifs is 3. The van der Waals surface area contributed by atoms with E-state index in [-0.39, 0.29) is 0 Å². The van der Waals surface area contributed by atoms with Gasteiger partial charge in [-0.2, -0.15) is 0 Å². The van der Waals surface area contributed by atoms with Crippen molar-refractivity contribution in [3.63, 3.8) is 0 Å². The Morgan fingerprint density at radius 3 is 1.85 bits per heavy atom. The molecule has 0 unspecified atom stereocenters. The summed E-state index contributed by atoms with van der Waals surface area (Å²) in [6, 6.07) is 15.2. The van der Waals surface area contributed by atoms with Crippen molar-refractivity contribution in [3.05, 3.63) is 58.5 Å². The molecule has 0 nitrogen and oxygen atoms in total. The standard InChI is InChI=1S/C16H14.2C2H6/c1-3-12-7-6-10-15-14-9-5-4-8-13(14)11(2)16(12)15;2*1-2/h3-10H,1-2H3;2*1-2H3/b12-3-;;. The summed E-state index contributed by atoms with van der Waals surface area (Å²) < 4.78 is 0. The maximum Gasteiger partial charge on any atom is -0.00730 e. The van der Waals surface area contributed by atoms with E-state index in [0.29, 0.717) is 0 Å². The molecule has 2 aromatic rings. The molecule has 20 heavy (non-hydrogen) atoms. The van der Waals surface area contributed by atoms with Gasteiger partial charge in [-0.15, -0.1) is 0 Å². The van der Waals surface area contributed by atoms with Gasteiger partial charge < -0.3 is 0 Å². The van der Waals surface area contributed by atoms with Crippen LogP contribution in [-0.2, 0) is 0 Å². The first kappa shape index (κ1) is 16.2. The fourth-order valence-corrected chi connectivity index (χ4v) is 2.63. The lowest BCUT2D eigenvalue weighted by Crippen LogP contribution is -2.25. The molecule has 0 radical (unpaired) electrons. The molecule has 0 heteroatoms. The largest absolute Gasteiger partial charge is 0.0798 e. The lowest BCUT2D eigenvalue weighted by Gasteiger charge is -2.00. The summed E-state index contributed by atoms with van der Waals surface area (Å²) in [5, 5.41) is 2.75. The van der Waals surface area contributed by atoms with Gasteiger partial charge in [-0.3, -0.25) is 0 Å². The minimum absolute atomic E-state index is 1.34. The third-order valence-electron chi connectivity index (χ3n) is 3.40. The number of hydrogen-bond donors (Lipinski definition) is 0. The Balaban J connectivity index is 0.000000461. The highest BCUT2D eigenvalue weighted by molar-refractivity contribution is 5.88. The Bertz CT molecular complexity index is 675. The summed E-state index contributed by atoms with van der Waals surface area (Å²) in [5.41, 5.74) is 5.54. The van der Waals surface area contributed by atoms with Crippen LogP contribution in [0, 0.1) is 0 Å². The molecular formula is C20H26. The van der Waals surface area contributed by atoms with Crippen molar-refractivity contribution in [3.8, 4) is 11.1 Å². The smallest absolute Gasteiger partial charge is 0.00730 e. The zero-order valence-electron chi connectivity index (χ0n) is 13.6. The summed E-state index contributed by atoms with van der Waals surface area (Å²) in [5.74, 6) is 0. The minimum Gasteiger partial charge on any atom is -0.0798 e. The van der Waals surface area contributed by atoms with Gasteiger partial charge in [-0.1, -0.05) is 76.2 Å². The molecule has 106 valence electrons. The molecule has 0 fully saturated rings. The second kappa shape index (κ2) is 7.69. The quantitative estimate of drug-likeness (QED) is 0.646. The van der Waals surface area contributed by atoms with Crippen LogP contribution < -0.4 is 10.4 Å². The molecule has 0 aromatic heterocycles. The highest BCUT2D eigenvalue weighted by Crippen LogP contribution is 2.29. The van der Waals surface area contributed by atoms with Crippen LogP contribution in [0.2, 0.25) is 0 Å². The fraction of sp³-hybridized carbons (Fsp3) is 0.300. The second-order valence-electron chi connectivity index (χ2n) is 4.23. The van der Waals surface area contributed by atoms with E-state index in [0.717, 1.165) is 0 Å². The zero-order chi connectivity index (χ0) is 15.1. The van der Waals surface area contributed by atoms with Gasteiger partial charge in [-0.05, 0) is 46.5 Å². The van der Waals surface area contributed by atoms with Crippen LogP contribution in [0.15, 0.2) is 42.5 Å². The van der Waals surface area contributed by atoms with Crippen LogP contribution in [0.4, 0.5) is 0 Å². The predicted octanol–water partition coefficient (Wildman–Crippen LogP) is 4.74. The van der Waals surface area contributed by atoms with Gasteiger partial charge in [0, 0.05) is 0 Å². The summed E-state index contributed by atoms with van der Waals surface area (Å²) >= 11 is 0. The van der Waals surface area contributed by atoms with Gasteiger partial charge in [0.1, 0.15) is 0 Å². The van der Waals surface area contributed by atoms with Gasteiger partial charge in [0.05, 0.1) is 0 Å². The van der Waals surface area contributed by atoms with Crippen molar-refractivity contribution >= 4 is 11.6 Å². The van der Waals surface area contributed by atoms with E-state index in [2.05, 4.69) is 62.4 Å². The zero-order valence-corrected chi connectivity index (χ0v) is 13.6. The molecule has 1 aliphatic rings. The summed E-state index contributed by atoms with van der Waals surface area (Å²) in [7, 11) is 0. The molecule has 3 rings (SSSR count). The van der Waals surface area contributed by atoms with Gasteiger partial charge in [0.15, 0.2) is 0 Å². The van der Waals surface area contributed by atoms with Crippen molar-refractivity contribution in [1.82, 2.24) is 0 Å². The molecule has 1 aliphatic carbocycles. The molecule has 2 aromatic carbocycles. The van der Waals surface area contributed by atoms with Crippen molar-refractivity contribution in [2.75, 3.05) is 0 Å². The predicted molar refractivity (Wildman–Crippen MR) is 92.1 cm³/mol. The Morgan fingerprint density at radius 1 is 0.700 bits per heavy atom. The van der Waals surface area contributed by atoms with E-state index in [4.69, 9.17) is 0 Å². The summed E-state index contributed by atoms with van der Waals surface area (Å²) in [4.78, 5) is 0. The Hall–Kier alpha value is -1.82. The van der Waals surface area contributed by atoms with Gasteiger partial charge in [-0.25, -0.2) is 0 Å². The molecule has 0 amide bonds. The molecular weight excluding hydrogens is 240 g/mol. The van der Waals surface area contributed by atoms with Gasteiger partial charge >= 0.3 is 0 Å². The summed E-state index contributed by atoms with van der Waals surface area (Å²) in [6.07, 6.45) is 2.19. The van der Waals surface area contributed by atoms with Crippen molar-refractivity contribution in [1.29, 1.82) is 0 Å². The van der Waals surface area contributed by atoms with Gasteiger partial charge in [0.25, 0.3) is 0 Å². The second-order valence-corrected chi connectivity index (χ2v) is 4.23. The van der Waals surface area contributed by atoms with Crippen LogP contribution >= 0.6 is 0 Å². The topological polar surface area (TPSA) is 0 Å². The highest BCUT2D eigenvalue weighted by atomic mass is 14.2. The Kier molecular flexibility index (Phi) is 6.24. The van der Waals surface area contributed by atoms with Crippen LogP contribution in [0.1, 0.15) is 47.1 Å². The van der Waals surface area contributed by atoms with E-state index in [1.165, 1.54) is 32.7 Å². The molecule has 0 saturated heterocycles.